The van der Waals surface area contributed by atoms with E-state index >= 15 is 0 Å². The van der Waals surface area contributed by atoms with Crippen LogP contribution in [0, 0.1) is 12.7 Å². The SMILES string of the molecule is Cc1csc(C2CCCN(S(=O)(=O)c3c(F)cccc3Cl)C2)n1. The lowest BCUT2D eigenvalue weighted by molar-refractivity contribution is 0.314. The molecule has 0 spiro atoms. The first kappa shape index (κ1) is 16.8. The predicted molar refractivity (Wildman–Crippen MR) is 89.0 cm³/mol. The molecule has 1 unspecified atom stereocenters. The summed E-state index contributed by atoms with van der Waals surface area (Å²) in [5, 5.41) is 2.80. The maximum atomic E-state index is 14.0. The average molecular weight is 375 g/mol. The van der Waals surface area contributed by atoms with Crippen molar-refractivity contribution in [3.8, 4) is 0 Å². The van der Waals surface area contributed by atoms with Gasteiger partial charge < -0.3 is 0 Å². The zero-order valence-corrected chi connectivity index (χ0v) is 14.9. The molecule has 4 nitrogen and oxygen atoms in total. The maximum absolute atomic E-state index is 14.0. The van der Waals surface area contributed by atoms with Crippen LogP contribution in [0.5, 0.6) is 0 Å². The highest BCUT2D eigenvalue weighted by molar-refractivity contribution is 7.89. The van der Waals surface area contributed by atoms with Crippen molar-refractivity contribution in [2.75, 3.05) is 13.1 Å². The molecule has 1 aromatic carbocycles. The minimum atomic E-state index is -3.95. The number of hydrogen-bond acceptors (Lipinski definition) is 4. The molecule has 8 heteroatoms. The highest BCUT2D eigenvalue weighted by Gasteiger charge is 2.34. The van der Waals surface area contributed by atoms with Crippen molar-refractivity contribution >= 4 is 33.0 Å². The van der Waals surface area contributed by atoms with Crippen LogP contribution in [0.3, 0.4) is 0 Å². The van der Waals surface area contributed by atoms with Gasteiger partial charge in [0, 0.05) is 30.1 Å². The predicted octanol–water partition coefficient (Wildman–Crippen LogP) is 3.81. The van der Waals surface area contributed by atoms with Gasteiger partial charge in [0.15, 0.2) is 0 Å². The quantitative estimate of drug-likeness (QED) is 0.820. The van der Waals surface area contributed by atoms with Crippen molar-refractivity contribution in [1.82, 2.24) is 9.29 Å². The smallest absolute Gasteiger partial charge is 0.246 e. The third-order valence-corrected chi connectivity index (χ3v) is 7.38. The fourth-order valence-corrected chi connectivity index (χ4v) is 5.79. The Hall–Kier alpha value is -1.02. The largest absolute Gasteiger partial charge is 0.247 e. The minimum Gasteiger partial charge on any atom is -0.246 e. The maximum Gasteiger partial charge on any atom is 0.247 e. The summed E-state index contributed by atoms with van der Waals surface area (Å²) >= 11 is 7.47. The van der Waals surface area contributed by atoms with Gasteiger partial charge in [0.2, 0.25) is 10.0 Å². The van der Waals surface area contributed by atoms with Gasteiger partial charge in [-0.1, -0.05) is 17.7 Å². The second-order valence-electron chi connectivity index (χ2n) is 5.58. The number of thiazole rings is 1. The Morgan fingerprint density at radius 3 is 2.87 bits per heavy atom. The van der Waals surface area contributed by atoms with Crippen LogP contribution < -0.4 is 0 Å². The Kier molecular flexibility index (Phi) is 4.73. The van der Waals surface area contributed by atoms with Crippen molar-refractivity contribution < 1.29 is 12.8 Å². The molecule has 0 amide bonds. The average Bonchev–Trinajstić information content (AvgIpc) is 2.94. The zero-order valence-electron chi connectivity index (χ0n) is 12.5. The van der Waals surface area contributed by atoms with E-state index in [4.69, 9.17) is 11.6 Å². The van der Waals surface area contributed by atoms with Gasteiger partial charge in [-0.2, -0.15) is 4.31 Å². The molecule has 1 saturated heterocycles. The molecule has 2 aromatic rings. The van der Waals surface area contributed by atoms with Crippen LogP contribution in [0.25, 0.3) is 0 Å². The summed E-state index contributed by atoms with van der Waals surface area (Å²) in [6, 6.07) is 3.90. The number of nitrogens with zero attached hydrogens (tertiary/aromatic N) is 2. The summed E-state index contributed by atoms with van der Waals surface area (Å²) in [6.07, 6.45) is 1.60. The Morgan fingerprint density at radius 1 is 1.43 bits per heavy atom. The van der Waals surface area contributed by atoms with Crippen molar-refractivity contribution in [1.29, 1.82) is 0 Å². The third kappa shape index (κ3) is 3.28. The Bertz CT molecular complexity index is 802. The van der Waals surface area contributed by atoms with Crippen LogP contribution >= 0.6 is 22.9 Å². The van der Waals surface area contributed by atoms with Gasteiger partial charge >= 0.3 is 0 Å². The number of halogens is 2. The lowest BCUT2D eigenvalue weighted by Crippen LogP contribution is -2.39. The fourth-order valence-electron chi connectivity index (χ4n) is 2.78. The second kappa shape index (κ2) is 6.47. The van der Waals surface area contributed by atoms with Crippen LogP contribution in [-0.2, 0) is 10.0 Å². The summed E-state index contributed by atoms with van der Waals surface area (Å²) in [5.41, 5.74) is 0.933. The van der Waals surface area contributed by atoms with Crippen molar-refractivity contribution in [2.24, 2.45) is 0 Å². The first-order valence-electron chi connectivity index (χ1n) is 7.26. The number of piperidine rings is 1. The third-order valence-electron chi connectivity index (χ3n) is 3.89. The fraction of sp³-hybridized carbons (Fsp3) is 0.400. The number of sulfonamides is 1. The second-order valence-corrected chi connectivity index (χ2v) is 8.75. The lowest BCUT2D eigenvalue weighted by Gasteiger charge is -2.31. The molecule has 1 aliphatic heterocycles. The summed E-state index contributed by atoms with van der Waals surface area (Å²) < 4.78 is 40.9. The van der Waals surface area contributed by atoms with E-state index in [1.807, 2.05) is 12.3 Å². The monoisotopic (exact) mass is 374 g/mol. The highest BCUT2D eigenvalue weighted by atomic mass is 35.5. The molecule has 1 fully saturated rings. The first-order valence-corrected chi connectivity index (χ1v) is 9.95. The number of hydrogen-bond donors (Lipinski definition) is 0. The van der Waals surface area contributed by atoms with Gasteiger partial charge in [0.25, 0.3) is 0 Å². The molecule has 0 saturated carbocycles. The molecule has 0 bridgehead atoms. The van der Waals surface area contributed by atoms with Crippen LogP contribution in [0.15, 0.2) is 28.5 Å². The van der Waals surface area contributed by atoms with Crippen LogP contribution in [0.4, 0.5) is 4.39 Å². The summed E-state index contributed by atoms with van der Waals surface area (Å²) in [6.45, 7) is 2.59. The van der Waals surface area contributed by atoms with Crippen molar-refractivity contribution in [3.63, 3.8) is 0 Å². The van der Waals surface area contributed by atoms with E-state index in [2.05, 4.69) is 4.98 Å². The number of rotatable bonds is 3. The Labute approximate surface area is 144 Å². The molecule has 1 aliphatic rings. The van der Waals surface area contributed by atoms with Crippen LogP contribution in [0.2, 0.25) is 5.02 Å². The normalized spacial score (nSPS) is 19.9. The molecule has 124 valence electrons. The van der Waals surface area contributed by atoms with Gasteiger partial charge in [0.05, 0.1) is 10.0 Å². The standard InChI is InChI=1S/C15H16ClFN2O2S2/c1-10-9-22-15(18-10)11-4-3-7-19(8-11)23(20,21)14-12(16)5-2-6-13(14)17/h2,5-6,9,11H,3-4,7-8H2,1H3. The van der Waals surface area contributed by atoms with E-state index in [1.54, 1.807) is 0 Å². The Morgan fingerprint density at radius 2 is 2.22 bits per heavy atom. The summed E-state index contributed by atoms with van der Waals surface area (Å²) in [5.74, 6) is -0.771. The highest BCUT2D eigenvalue weighted by Crippen LogP contribution is 2.34. The van der Waals surface area contributed by atoms with Gasteiger partial charge in [-0.3, -0.25) is 0 Å². The topological polar surface area (TPSA) is 50.3 Å². The van der Waals surface area contributed by atoms with E-state index in [9.17, 15) is 12.8 Å². The van der Waals surface area contributed by atoms with E-state index in [-0.39, 0.29) is 10.9 Å². The van der Waals surface area contributed by atoms with E-state index in [0.29, 0.717) is 19.5 Å². The molecule has 0 aliphatic carbocycles. The minimum absolute atomic E-state index is 0.0442. The van der Waals surface area contributed by atoms with E-state index in [0.717, 1.165) is 23.2 Å². The molecule has 0 N–H and O–H groups in total. The molecule has 23 heavy (non-hydrogen) atoms. The number of aromatic nitrogens is 1. The van der Waals surface area contributed by atoms with Gasteiger partial charge in [0.1, 0.15) is 10.7 Å². The van der Waals surface area contributed by atoms with Gasteiger partial charge in [-0.05, 0) is 31.9 Å². The molecule has 0 radical (unpaired) electrons. The molecular formula is C15H16ClFN2O2S2. The van der Waals surface area contributed by atoms with Crippen LogP contribution in [0.1, 0.15) is 29.5 Å². The summed E-state index contributed by atoms with van der Waals surface area (Å²) in [7, 11) is -3.95. The molecule has 1 atom stereocenters. The number of aryl methyl sites for hydroxylation is 1. The molecule has 2 heterocycles. The van der Waals surface area contributed by atoms with Crippen LogP contribution in [-0.4, -0.2) is 30.8 Å². The lowest BCUT2D eigenvalue weighted by atomic mass is 10.0. The molecular weight excluding hydrogens is 359 g/mol. The van der Waals surface area contributed by atoms with E-state index in [1.165, 1.54) is 27.8 Å². The first-order chi connectivity index (χ1) is 10.9. The van der Waals surface area contributed by atoms with Crippen molar-refractivity contribution in [3.05, 3.63) is 45.1 Å². The van der Waals surface area contributed by atoms with Gasteiger partial charge in [-0.25, -0.2) is 17.8 Å². The zero-order chi connectivity index (χ0) is 16.6. The molecule has 3 rings (SSSR count). The van der Waals surface area contributed by atoms with Gasteiger partial charge in [-0.15, -0.1) is 11.3 Å². The Balaban J connectivity index is 1.91. The molecule has 1 aromatic heterocycles. The summed E-state index contributed by atoms with van der Waals surface area (Å²) in [4.78, 5) is 4.02. The van der Waals surface area contributed by atoms with Crippen molar-refractivity contribution in [2.45, 2.75) is 30.6 Å². The van der Waals surface area contributed by atoms with E-state index < -0.39 is 20.7 Å². The number of benzene rings is 1.